The third-order valence-corrected chi connectivity index (χ3v) is 3.71. The molecule has 0 bridgehead atoms. The summed E-state index contributed by atoms with van der Waals surface area (Å²) >= 11 is 0. The van der Waals surface area contributed by atoms with Crippen molar-refractivity contribution in [3.05, 3.63) is 0 Å². The first-order valence-electron chi connectivity index (χ1n) is 5.79. The van der Waals surface area contributed by atoms with Gasteiger partial charge < -0.3 is 10.6 Å². The molecule has 0 aliphatic rings. The van der Waals surface area contributed by atoms with Gasteiger partial charge in [0.05, 0.1) is 6.54 Å². The molecule has 4 nitrogen and oxygen atoms in total. The maximum absolute atomic E-state index is 11.4. The maximum atomic E-state index is 11.4. The highest BCUT2D eigenvalue weighted by molar-refractivity contribution is 7.84. The lowest BCUT2D eigenvalue weighted by molar-refractivity contribution is -0.120. The van der Waals surface area contributed by atoms with Gasteiger partial charge in [-0.25, -0.2) is 0 Å². The van der Waals surface area contributed by atoms with Crippen molar-refractivity contribution in [3.63, 3.8) is 0 Å². The van der Waals surface area contributed by atoms with E-state index in [0.717, 1.165) is 12.8 Å². The first-order chi connectivity index (χ1) is 7.47. The second-order valence-corrected chi connectivity index (χ2v) is 6.00. The predicted molar refractivity (Wildman–Crippen MR) is 68.9 cm³/mol. The summed E-state index contributed by atoms with van der Waals surface area (Å²) < 4.78 is 11.1. The quantitative estimate of drug-likeness (QED) is 0.663. The molecule has 0 radical (unpaired) electrons. The van der Waals surface area contributed by atoms with Crippen molar-refractivity contribution >= 4 is 16.7 Å². The molecule has 0 saturated carbocycles. The van der Waals surface area contributed by atoms with E-state index >= 15 is 0 Å². The molecule has 0 rings (SSSR count). The third kappa shape index (κ3) is 7.82. The van der Waals surface area contributed by atoms with E-state index in [1.165, 1.54) is 0 Å². The number of amides is 1. The van der Waals surface area contributed by atoms with Crippen LogP contribution in [0.5, 0.6) is 0 Å². The molecular formula is C11H24N2O2S. The average molecular weight is 248 g/mol. The molecule has 0 aromatic carbocycles. The molecule has 16 heavy (non-hydrogen) atoms. The van der Waals surface area contributed by atoms with Gasteiger partial charge in [-0.1, -0.05) is 13.3 Å². The molecule has 0 aromatic rings. The van der Waals surface area contributed by atoms with Gasteiger partial charge in [0.1, 0.15) is 0 Å². The van der Waals surface area contributed by atoms with Crippen LogP contribution in [0.25, 0.3) is 0 Å². The molecule has 0 aliphatic carbocycles. The fraction of sp³-hybridized carbons (Fsp3) is 0.909. The van der Waals surface area contributed by atoms with Gasteiger partial charge in [-0.2, -0.15) is 0 Å². The van der Waals surface area contributed by atoms with Gasteiger partial charge in [-0.3, -0.25) is 9.00 Å². The normalized spacial score (nSPS) is 16.5. The van der Waals surface area contributed by atoms with E-state index in [1.807, 2.05) is 13.8 Å². The molecule has 0 aromatic heterocycles. The first kappa shape index (κ1) is 15.6. The van der Waals surface area contributed by atoms with Crippen LogP contribution < -0.4 is 10.6 Å². The number of nitrogens with one attached hydrogen (secondary N) is 2. The number of carbonyl (C=O) groups excluding carboxylic acids is 1. The smallest absolute Gasteiger partial charge is 0.234 e. The lowest BCUT2D eigenvalue weighted by Crippen LogP contribution is -2.41. The lowest BCUT2D eigenvalue weighted by Gasteiger charge is -2.14. The van der Waals surface area contributed by atoms with Crippen LogP contribution >= 0.6 is 0 Å². The topological polar surface area (TPSA) is 58.2 Å². The van der Waals surface area contributed by atoms with Crippen molar-refractivity contribution in [1.29, 1.82) is 0 Å². The highest BCUT2D eigenvalue weighted by atomic mass is 32.2. The summed E-state index contributed by atoms with van der Waals surface area (Å²) in [6.07, 6.45) is 3.75. The van der Waals surface area contributed by atoms with Gasteiger partial charge in [0.2, 0.25) is 5.91 Å². The molecule has 3 unspecified atom stereocenters. The van der Waals surface area contributed by atoms with E-state index in [1.54, 1.807) is 6.26 Å². The Bertz CT molecular complexity index is 234. The van der Waals surface area contributed by atoms with Gasteiger partial charge in [-0.05, 0) is 20.3 Å². The van der Waals surface area contributed by atoms with Crippen LogP contribution in [0.3, 0.4) is 0 Å². The number of hydrogen-bond donors (Lipinski definition) is 2. The molecule has 0 fully saturated rings. The van der Waals surface area contributed by atoms with Crippen LogP contribution in [0.4, 0.5) is 0 Å². The predicted octanol–water partition coefficient (Wildman–Crippen LogP) is 0.648. The monoisotopic (exact) mass is 248 g/mol. The molecule has 0 spiro atoms. The summed E-state index contributed by atoms with van der Waals surface area (Å²) in [5, 5.41) is 6.00. The van der Waals surface area contributed by atoms with Gasteiger partial charge in [-0.15, -0.1) is 0 Å². The minimum absolute atomic E-state index is 0.00929. The maximum Gasteiger partial charge on any atom is 0.234 e. The third-order valence-electron chi connectivity index (χ3n) is 2.41. The zero-order chi connectivity index (χ0) is 12.6. The SMILES string of the molecule is CCCC(C)NC(=O)CNCC(C)S(C)=O. The van der Waals surface area contributed by atoms with Crippen LogP contribution in [-0.4, -0.2) is 40.8 Å². The summed E-state index contributed by atoms with van der Waals surface area (Å²) in [6, 6.07) is 0.233. The minimum Gasteiger partial charge on any atom is -0.353 e. The van der Waals surface area contributed by atoms with Gasteiger partial charge in [0, 0.05) is 34.9 Å². The van der Waals surface area contributed by atoms with Crippen molar-refractivity contribution in [2.75, 3.05) is 19.3 Å². The molecule has 0 aliphatic heterocycles. The van der Waals surface area contributed by atoms with Gasteiger partial charge in [0.15, 0.2) is 0 Å². The summed E-state index contributed by atoms with van der Waals surface area (Å²) in [5.74, 6) is 0.00929. The standard InChI is InChI=1S/C11H24N2O2S/c1-5-6-9(2)13-11(14)8-12-7-10(3)16(4)15/h9-10,12H,5-8H2,1-4H3,(H,13,14). The second kappa shape index (κ2) is 8.70. The number of rotatable bonds is 8. The van der Waals surface area contributed by atoms with E-state index < -0.39 is 10.8 Å². The second-order valence-electron chi connectivity index (χ2n) is 4.20. The summed E-state index contributed by atoms with van der Waals surface area (Å²) in [5.41, 5.74) is 0. The average Bonchev–Trinajstić information content (AvgIpc) is 2.17. The Balaban J connectivity index is 3.62. The number of hydrogen-bond acceptors (Lipinski definition) is 3. The van der Waals surface area contributed by atoms with Gasteiger partial charge in [0.25, 0.3) is 0 Å². The van der Waals surface area contributed by atoms with E-state index in [-0.39, 0.29) is 17.2 Å². The Kier molecular flexibility index (Phi) is 8.47. The molecule has 96 valence electrons. The summed E-state index contributed by atoms with van der Waals surface area (Å²) in [7, 11) is -0.833. The van der Waals surface area contributed by atoms with Crippen molar-refractivity contribution in [1.82, 2.24) is 10.6 Å². The van der Waals surface area contributed by atoms with Crippen LogP contribution in [-0.2, 0) is 15.6 Å². The summed E-state index contributed by atoms with van der Waals surface area (Å²) in [6.45, 7) is 6.92. The largest absolute Gasteiger partial charge is 0.353 e. The van der Waals surface area contributed by atoms with Gasteiger partial charge >= 0.3 is 0 Å². The Hall–Kier alpha value is -0.420. The molecule has 1 amide bonds. The molecular weight excluding hydrogens is 224 g/mol. The zero-order valence-corrected chi connectivity index (χ0v) is 11.5. The highest BCUT2D eigenvalue weighted by Gasteiger charge is 2.08. The Morgan fingerprint density at radius 3 is 2.50 bits per heavy atom. The van der Waals surface area contributed by atoms with E-state index in [2.05, 4.69) is 17.6 Å². The number of carbonyl (C=O) groups is 1. The Morgan fingerprint density at radius 1 is 1.38 bits per heavy atom. The van der Waals surface area contributed by atoms with Crippen LogP contribution in [0.15, 0.2) is 0 Å². The highest BCUT2D eigenvalue weighted by Crippen LogP contribution is 1.94. The van der Waals surface area contributed by atoms with Crippen molar-refractivity contribution < 1.29 is 9.00 Å². The van der Waals surface area contributed by atoms with Crippen LogP contribution in [0.2, 0.25) is 0 Å². The molecule has 5 heteroatoms. The van der Waals surface area contributed by atoms with E-state index in [9.17, 15) is 9.00 Å². The fourth-order valence-electron chi connectivity index (χ4n) is 1.34. The van der Waals surface area contributed by atoms with Crippen LogP contribution in [0, 0.1) is 0 Å². The van der Waals surface area contributed by atoms with Crippen molar-refractivity contribution in [2.45, 2.75) is 44.9 Å². The molecule has 2 N–H and O–H groups in total. The minimum atomic E-state index is -0.833. The molecule has 0 saturated heterocycles. The first-order valence-corrected chi connectivity index (χ1v) is 7.41. The van der Waals surface area contributed by atoms with Crippen molar-refractivity contribution in [2.24, 2.45) is 0 Å². The van der Waals surface area contributed by atoms with E-state index in [4.69, 9.17) is 0 Å². The van der Waals surface area contributed by atoms with Crippen molar-refractivity contribution in [3.8, 4) is 0 Å². The molecule has 3 atom stereocenters. The Morgan fingerprint density at radius 2 is 2.00 bits per heavy atom. The Labute approximate surface area is 101 Å². The van der Waals surface area contributed by atoms with E-state index in [0.29, 0.717) is 13.1 Å². The lowest BCUT2D eigenvalue weighted by atomic mass is 10.2. The van der Waals surface area contributed by atoms with Crippen LogP contribution in [0.1, 0.15) is 33.6 Å². The molecule has 0 heterocycles. The fourth-order valence-corrected chi connectivity index (χ4v) is 1.69. The zero-order valence-electron chi connectivity index (χ0n) is 10.7. The summed E-state index contributed by atoms with van der Waals surface area (Å²) in [4.78, 5) is 11.4.